The fraction of sp³-hybridized carbons (Fsp3) is 0.619. The van der Waals surface area contributed by atoms with Crippen LogP contribution in [0.4, 0.5) is 26.3 Å². The molecule has 37 heavy (non-hydrogen) atoms. The number of alkyl halides is 6. The first-order valence-electron chi connectivity index (χ1n) is 11.1. The third-order valence-corrected chi connectivity index (χ3v) is 6.34. The molecular weight excluding hydrogens is 532 g/mol. The summed E-state index contributed by atoms with van der Waals surface area (Å²) >= 11 is 1.74. The topological polar surface area (TPSA) is 112 Å². The molecule has 1 fully saturated rings. The molecule has 2 N–H and O–H groups in total. The summed E-state index contributed by atoms with van der Waals surface area (Å²) in [5.41, 5.74) is 5.42. The maximum absolute atomic E-state index is 10.6. The van der Waals surface area contributed by atoms with Crippen LogP contribution in [0.1, 0.15) is 40.5 Å². The summed E-state index contributed by atoms with van der Waals surface area (Å²) in [6.07, 6.45) is -6.36. The van der Waals surface area contributed by atoms with Crippen LogP contribution >= 0.6 is 11.3 Å². The second-order valence-electron chi connectivity index (χ2n) is 8.40. The molecular formula is C21H27F6N5O4S. The smallest absolute Gasteiger partial charge is 0.475 e. The highest BCUT2D eigenvalue weighted by Crippen LogP contribution is 2.25. The minimum absolute atomic E-state index is 0.955. The molecule has 16 heteroatoms. The van der Waals surface area contributed by atoms with Gasteiger partial charge in [-0.3, -0.25) is 14.5 Å². The van der Waals surface area contributed by atoms with Crippen LogP contribution in [0.5, 0.6) is 0 Å². The van der Waals surface area contributed by atoms with E-state index in [9.17, 15) is 26.3 Å². The highest BCUT2D eigenvalue weighted by Gasteiger charge is 2.38. The molecule has 1 saturated heterocycles. The van der Waals surface area contributed by atoms with Crippen molar-refractivity contribution in [3.63, 3.8) is 0 Å². The van der Waals surface area contributed by atoms with Gasteiger partial charge < -0.3 is 10.2 Å². The van der Waals surface area contributed by atoms with Crippen molar-refractivity contribution >= 4 is 23.3 Å². The lowest BCUT2D eigenvalue weighted by Gasteiger charge is -2.27. The number of likely N-dealkylation sites (tertiary alicyclic amines) is 1. The van der Waals surface area contributed by atoms with Gasteiger partial charge in [-0.05, 0) is 39.3 Å². The average molecular weight is 560 g/mol. The molecule has 0 aliphatic carbocycles. The second kappa shape index (κ2) is 12.7. The third-order valence-electron chi connectivity index (χ3n) is 5.52. The van der Waals surface area contributed by atoms with E-state index in [4.69, 9.17) is 24.9 Å². The Morgan fingerprint density at radius 3 is 1.97 bits per heavy atom. The first-order valence-corrected chi connectivity index (χ1v) is 12.0. The van der Waals surface area contributed by atoms with E-state index < -0.39 is 24.3 Å². The second-order valence-corrected chi connectivity index (χ2v) is 9.47. The van der Waals surface area contributed by atoms with E-state index >= 15 is 0 Å². The van der Waals surface area contributed by atoms with E-state index in [1.165, 1.54) is 48.6 Å². The van der Waals surface area contributed by atoms with Crippen LogP contribution in [-0.2, 0) is 42.7 Å². The number of halogens is 6. The van der Waals surface area contributed by atoms with E-state index in [0.717, 1.165) is 37.6 Å². The molecule has 208 valence electrons. The number of carbonyl (C=O) groups is 2. The Balaban J connectivity index is 0.000000286. The molecule has 0 bridgehead atoms. The van der Waals surface area contributed by atoms with Gasteiger partial charge in [0.1, 0.15) is 0 Å². The summed E-state index contributed by atoms with van der Waals surface area (Å²) in [5, 5.41) is 22.4. The van der Waals surface area contributed by atoms with E-state index in [2.05, 4.69) is 38.8 Å². The van der Waals surface area contributed by atoms with Gasteiger partial charge in [-0.2, -0.15) is 31.4 Å². The Morgan fingerprint density at radius 2 is 1.51 bits per heavy atom. The molecule has 0 saturated carbocycles. The van der Waals surface area contributed by atoms with Gasteiger partial charge in [-0.1, -0.05) is 0 Å². The number of hydrogen-bond donors (Lipinski definition) is 2. The predicted molar refractivity (Wildman–Crippen MR) is 120 cm³/mol. The maximum Gasteiger partial charge on any atom is 0.490 e. The number of aliphatic carboxylic acids is 2. The van der Waals surface area contributed by atoms with Crippen LogP contribution in [0.2, 0.25) is 0 Å². The molecule has 0 amide bonds. The first-order chi connectivity index (χ1) is 17.1. The van der Waals surface area contributed by atoms with Crippen LogP contribution in [-0.4, -0.2) is 78.7 Å². The van der Waals surface area contributed by atoms with Gasteiger partial charge in [0, 0.05) is 44.2 Å². The minimum Gasteiger partial charge on any atom is -0.475 e. The molecule has 0 spiro atoms. The number of aryl methyl sites for hydroxylation is 2. The minimum atomic E-state index is -5.08. The summed E-state index contributed by atoms with van der Waals surface area (Å²) in [6.45, 7) is 8.65. The van der Waals surface area contributed by atoms with Crippen molar-refractivity contribution in [2.45, 2.75) is 58.2 Å². The van der Waals surface area contributed by atoms with Crippen molar-refractivity contribution in [3.05, 3.63) is 33.0 Å². The number of thiazole rings is 1. The average Bonchev–Trinajstić information content (AvgIpc) is 3.50. The maximum atomic E-state index is 10.6. The highest BCUT2D eigenvalue weighted by molar-refractivity contribution is 7.09. The fourth-order valence-corrected chi connectivity index (χ4v) is 4.44. The van der Waals surface area contributed by atoms with Crippen LogP contribution < -0.4 is 0 Å². The number of rotatable bonds is 4. The lowest BCUT2D eigenvalue weighted by Crippen LogP contribution is -2.31. The molecule has 0 atom stereocenters. The Bertz CT molecular complexity index is 1040. The molecule has 9 nitrogen and oxygen atoms in total. The molecule has 0 unspecified atom stereocenters. The van der Waals surface area contributed by atoms with Gasteiger partial charge in [0.2, 0.25) is 0 Å². The van der Waals surface area contributed by atoms with E-state index in [1.807, 2.05) is 0 Å². The van der Waals surface area contributed by atoms with Gasteiger partial charge in [0.25, 0.3) is 0 Å². The van der Waals surface area contributed by atoms with Crippen molar-refractivity contribution < 1.29 is 46.1 Å². The molecule has 2 aliphatic heterocycles. The number of carboxylic acids is 2. The standard InChI is InChI=1S/C17H25N5S.2C2HF3O2/c1-13-18-14(12-23-13)9-22-8-5-15-16(10-21-6-3-4-7-21)19-20(2)17(15)11-22;2*3-2(4,5)1(6)7/h12H,3-11H2,1-2H3;2*(H,6,7). The Kier molecular flexibility index (Phi) is 10.5. The normalized spacial score (nSPS) is 16.3. The van der Waals surface area contributed by atoms with Crippen molar-refractivity contribution in [3.8, 4) is 0 Å². The van der Waals surface area contributed by atoms with Crippen molar-refractivity contribution in [2.75, 3.05) is 19.6 Å². The van der Waals surface area contributed by atoms with Crippen molar-refractivity contribution in [1.82, 2.24) is 24.6 Å². The van der Waals surface area contributed by atoms with E-state index in [0.29, 0.717) is 0 Å². The third kappa shape index (κ3) is 9.59. The summed E-state index contributed by atoms with van der Waals surface area (Å²) in [6, 6.07) is 0. The van der Waals surface area contributed by atoms with Crippen LogP contribution in [0, 0.1) is 6.92 Å². The summed E-state index contributed by atoms with van der Waals surface area (Å²) in [5.74, 6) is -5.51. The Labute approximate surface area is 212 Å². The lowest BCUT2D eigenvalue weighted by molar-refractivity contribution is -0.193. The van der Waals surface area contributed by atoms with Crippen molar-refractivity contribution in [1.29, 1.82) is 0 Å². The Morgan fingerprint density at radius 1 is 0.973 bits per heavy atom. The monoisotopic (exact) mass is 559 g/mol. The number of carboxylic acid groups (broad SMARTS) is 2. The van der Waals surface area contributed by atoms with E-state index in [1.54, 1.807) is 11.3 Å². The molecule has 2 aliphatic rings. The predicted octanol–water partition coefficient (Wildman–Crippen LogP) is 3.61. The number of nitrogens with zero attached hydrogens (tertiary/aromatic N) is 5. The molecule has 2 aromatic heterocycles. The summed E-state index contributed by atoms with van der Waals surface area (Å²) in [4.78, 5) is 27.4. The zero-order valence-electron chi connectivity index (χ0n) is 20.1. The number of fused-ring (bicyclic) bond motifs is 1. The van der Waals surface area contributed by atoms with Gasteiger partial charge in [-0.15, -0.1) is 11.3 Å². The largest absolute Gasteiger partial charge is 0.490 e. The molecule has 0 aromatic carbocycles. The van der Waals surface area contributed by atoms with Gasteiger partial charge in [0.05, 0.1) is 22.1 Å². The van der Waals surface area contributed by atoms with Crippen molar-refractivity contribution in [2.24, 2.45) is 7.05 Å². The highest BCUT2D eigenvalue weighted by atomic mass is 32.1. The quantitative estimate of drug-likeness (QED) is 0.547. The summed E-state index contributed by atoms with van der Waals surface area (Å²) < 4.78 is 65.6. The SMILES string of the molecule is Cc1nc(CN2CCc3c(CN4CCCC4)nn(C)c3C2)cs1.O=C(O)C(F)(F)F.O=C(O)C(F)(F)F. The van der Waals surface area contributed by atoms with Gasteiger partial charge >= 0.3 is 24.3 Å². The van der Waals surface area contributed by atoms with Crippen LogP contribution in [0.15, 0.2) is 5.38 Å². The summed E-state index contributed by atoms with van der Waals surface area (Å²) in [7, 11) is 2.10. The Hall–Kier alpha value is -2.72. The van der Waals surface area contributed by atoms with Gasteiger partial charge in [0.15, 0.2) is 0 Å². The molecule has 2 aromatic rings. The number of hydrogen-bond acceptors (Lipinski definition) is 7. The molecule has 4 heterocycles. The molecule has 0 radical (unpaired) electrons. The van der Waals surface area contributed by atoms with Gasteiger partial charge in [-0.25, -0.2) is 14.6 Å². The fourth-order valence-electron chi connectivity index (χ4n) is 3.84. The zero-order chi connectivity index (χ0) is 28.0. The van der Waals surface area contributed by atoms with Crippen LogP contribution in [0.3, 0.4) is 0 Å². The van der Waals surface area contributed by atoms with Crippen LogP contribution in [0.25, 0.3) is 0 Å². The number of aromatic nitrogens is 3. The first kappa shape index (κ1) is 30.5. The molecule has 4 rings (SSSR count). The van der Waals surface area contributed by atoms with E-state index in [-0.39, 0.29) is 0 Å². The lowest BCUT2D eigenvalue weighted by atomic mass is 10.0. The zero-order valence-corrected chi connectivity index (χ0v) is 20.9.